The summed E-state index contributed by atoms with van der Waals surface area (Å²) in [6.45, 7) is 4.78. The van der Waals surface area contributed by atoms with Gasteiger partial charge in [0.1, 0.15) is 0 Å². The Morgan fingerprint density at radius 3 is 1.86 bits per heavy atom. The molecule has 0 amide bonds. The second-order valence-corrected chi connectivity index (χ2v) is 20.6. The van der Waals surface area contributed by atoms with Gasteiger partial charge in [-0.25, -0.2) is 0 Å². The summed E-state index contributed by atoms with van der Waals surface area (Å²) in [6, 6.07) is 73.9. The molecule has 71 heavy (non-hydrogen) atoms. The van der Waals surface area contributed by atoms with Crippen molar-refractivity contribution in [3.63, 3.8) is 0 Å². The van der Waals surface area contributed by atoms with Gasteiger partial charge in [0.05, 0.1) is 11.0 Å². The summed E-state index contributed by atoms with van der Waals surface area (Å²) in [5.41, 5.74) is 23.1. The Morgan fingerprint density at radius 1 is 0.394 bits per heavy atom. The zero-order chi connectivity index (χ0) is 47.0. The van der Waals surface area contributed by atoms with Gasteiger partial charge in [-0.2, -0.15) is 0 Å². The summed E-state index contributed by atoms with van der Waals surface area (Å²) in [6.07, 6.45) is 13.5. The van der Waals surface area contributed by atoms with Crippen LogP contribution in [0.15, 0.2) is 206 Å². The zero-order valence-corrected chi connectivity index (χ0v) is 40.0. The first-order valence-corrected chi connectivity index (χ1v) is 25.4. The van der Waals surface area contributed by atoms with Gasteiger partial charge in [-0.15, -0.1) is 0 Å². The molecule has 0 saturated carbocycles. The van der Waals surface area contributed by atoms with Crippen LogP contribution in [0.3, 0.4) is 0 Å². The van der Waals surface area contributed by atoms with E-state index < -0.39 is 0 Å². The maximum absolute atomic E-state index is 2.56. The predicted octanol–water partition coefficient (Wildman–Crippen LogP) is 18.3. The van der Waals surface area contributed by atoms with Gasteiger partial charge in [-0.05, 0) is 174 Å². The molecule has 0 N–H and O–H groups in total. The van der Waals surface area contributed by atoms with E-state index in [4.69, 9.17) is 0 Å². The average molecular weight is 907 g/mol. The van der Waals surface area contributed by atoms with Gasteiger partial charge in [0, 0.05) is 44.5 Å². The number of nitrogens with zero attached hydrogens (tertiary/aromatic N) is 2. The van der Waals surface area contributed by atoms with E-state index in [2.05, 4.69) is 241 Å². The molecule has 336 valence electrons. The molecule has 0 fully saturated rings. The Balaban J connectivity index is 1.07. The minimum atomic E-state index is -0.117. The highest BCUT2D eigenvalue weighted by atomic mass is 15.0. The lowest BCUT2D eigenvalue weighted by Crippen LogP contribution is -2.14. The Hall–Kier alpha value is -8.46. The molecule has 10 aromatic carbocycles. The molecule has 0 unspecified atom stereocenters. The molecule has 3 aliphatic carbocycles. The smallest absolute Gasteiger partial charge is 0.0537 e. The Labute approximate surface area is 414 Å². The molecule has 3 aliphatic rings. The summed E-state index contributed by atoms with van der Waals surface area (Å²) in [5, 5.41) is 10.1. The highest BCUT2D eigenvalue weighted by molar-refractivity contribution is 6.23. The molecule has 0 saturated heterocycles. The lowest BCUT2D eigenvalue weighted by atomic mass is 9.80. The van der Waals surface area contributed by atoms with Crippen molar-refractivity contribution in [3.8, 4) is 55.9 Å². The van der Waals surface area contributed by atoms with Gasteiger partial charge in [-0.1, -0.05) is 178 Å². The highest BCUT2D eigenvalue weighted by Crippen LogP contribution is 2.52. The molecule has 0 radical (unpaired) electrons. The summed E-state index contributed by atoms with van der Waals surface area (Å²) in [5.74, 6) is 0. The lowest BCUT2D eigenvalue weighted by Gasteiger charge is -2.24. The molecule has 2 heteroatoms. The molecule has 15 rings (SSSR count). The third-order valence-electron chi connectivity index (χ3n) is 16.4. The van der Waals surface area contributed by atoms with Crippen LogP contribution in [0, 0.1) is 0 Å². The van der Waals surface area contributed by atoms with Crippen molar-refractivity contribution in [2.45, 2.75) is 44.9 Å². The van der Waals surface area contributed by atoms with Crippen molar-refractivity contribution in [2.75, 3.05) is 0 Å². The number of allylic oxidation sites excluding steroid dienone is 2. The van der Waals surface area contributed by atoms with Crippen LogP contribution in [0.5, 0.6) is 0 Å². The zero-order valence-electron chi connectivity index (χ0n) is 40.0. The lowest BCUT2D eigenvalue weighted by molar-refractivity contribution is 0.660. The van der Waals surface area contributed by atoms with Gasteiger partial charge >= 0.3 is 0 Å². The summed E-state index contributed by atoms with van der Waals surface area (Å²) < 4.78 is 5.07. The number of fused-ring (bicyclic) bond motifs is 12. The second-order valence-electron chi connectivity index (χ2n) is 20.6. The molecule has 0 bridgehead atoms. The van der Waals surface area contributed by atoms with Gasteiger partial charge in [0.15, 0.2) is 0 Å². The molecule has 0 aliphatic heterocycles. The molecular formula is C69H50N2. The fourth-order valence-corrected chi connectivity index (χ4v) is 13.2. The Kier molecular flexibility index (Phi) is 8.69. The third kappa shape index (κ3) is 5.88. The van der Waals surface area contributed by atoms with Gasteiger partial charge < -0.3 is 9.13 Å². The van der Waals surface area contributed by atoms with E-state index in [1.54, 1.807) is 0 Å². The van der Waals surface area contributed by atoms with Crippen LogP contribution in [0.4, 0.5) is 0 Å². The van der Waals surface area contributed by atoms with Crippen LogP contribution in [0.1, 0.15) is 60.3 Å². The first-order chi connectivity index (χ1) is 35.0. The van der Waals surface area contributed by atoms with Crippen LogP contribution in [0.2, 0.25) is 0 Å². The van der Waals surface area contributed by atoms with E-state index in [1.165, 1.54) is 144 Å². The monoisotopic (exact) mass is 906 g/mol. The number of para-hydroxylation sites is 2. The summed E-state index contributed by atoms with van der Waals surface area (Å²) >= 11 is 0. The van der Waals surface area contributed by atoms with Crippen LogP contribution in [-0.2, 0) is 18.3 Å². The molecule has 2 nitrogen and oxygen atoms in total. The van der Waals surface area contributed by atoms with E-state index in [0.717, 1.165) is 25.7 Å². The first kappa shape index (κ1) is 40.4. The van der Waals surface area contributed by atoms with Crippen LogP contribution in [-0.4, -0.2) is 9.13 Å². The molecule has 0 spiro atoms. The van der Waals surface area contributed by atoms with Crippen molar-refractivity contribution in [3.05, 3.63) is 240 Å². The van der Waals surface area contributed by atoms with Crippen molar-refractivity contribution in [1.82, 2.24) is 9.13 Å². The number of hydrogen-bond acceptors (Lipinski definition) is 0. The van der Waals surface area contributed by atoms with Crippen LogP contribution < -0.4 is 0 Å². The van der Waals surface area contributed by atoms with Gasteiger partial charge in [0.25, 0.3) is 0 Å². The fraction of sp³-hybridized carbons (Fsp3) is 0.101. The van der Waals surface area contributed by atoms with Crippen molar-refractivity contribution in [1.29, 1.82) is 0 Å². The van der Waals surface area contributed by atoms with Crippen molar-refractivity contribution < 1.29 is 0 Å². The van der Waals surface area contributed by atoms with Gasteiger partial charge in [0.2, 0.25) is 0 Å². The maximum atomic E-state index is 2.56. The summed E-state index contributed by atoms with van der Waals surface area (Å²) in [7, 11) is 0. The van der Waals surface area contributed by atoms with Crippen molar-refractivity contribution >= 4 is 66.3 Å². The van der Waals surface area contributed by atoms with E-state index in [9.17, 15) is 0 Å². The molecule has 2 aromatic heterocycles. The van der Waals surface area contributed by atoms with E-state index >= 15 is 0 Å². The number of hydrogen-bond donors (Lipinski definition) is 0. The quantitative estimate of drug-likeness (QED) is 0.152. The average Bonchev–Trinajstić information content (AvgIpc) is 4.03. The minimum Gasteiger partial charge on any atom is -0.313 e. The Morgan fingerprint density at radius 2 is 1.01 bits per heavy atom. The number of rotatable bonds is 5. The second kappa shape index (κ2) is 15.3. The molecule has 0 atom stereocenters. The Bertz CT molecular complexity index is 4310. The predicted molar refractivity (Wildman–Crippen MR) is 301 cm³/mol. The number of aryl methyl sites for hydroxylation is 1. The largest absolute Gasteiger partial charge is 0.313 e. The topological polar surface area (TPSA) is 9.86 Å². The van der Waals surface area contributed by atoms with E-state index in [-0.39, 0.29) is 5.41 Å². The normalized spacial score (nSPS) is 14.4. The van der Waals surface area contributed by atoms with Crippen LogP contribution in [0.25, 0.3) is 122 Å². The standard InChI is InChI=1S/C69H50N2/c1-69(2)61-26-12-7-20-50(61)51-36-33-45(40-62(51)69)49-19-5-6-25-56(49)68-58-38-35-47(70-63-27-13-8-21-52(63)53-22-9-14-28-64(53)70)41-59(58)67(46-32-31-43-17-3-4-18-44(43)39-46)57-37-34-48(42-60(57)68)71-65-29-15-10-23-54(65)55-24-11-16-30-66(55)71/h3-8,10-15,17-21,23-29,31-42H,9,16,22,30H2,1-2H3. The summed E-state index contributed by atoms with van der Waals surface area (Å²) in [4.78, 5) is 0. The SMILES string of the molecule is CC1(C)c2ccccc2-c2ccc(-c3ccccc3-c3c4ccc(-n5c6c(c7ccccc75)CCC=C6)cc4c(-c4ccc5ccccc5c4)c4ccc(-n5c6c(c7ccccc75)C=CCC6)cc34)cc21. The fourth-order valence-electron chi connectivity index (χ4n) is 13.2. The van der Waals surface area contributed by atoms with E-state index in [0.29, 0.717) is 0 Å². The first-order valence-electron chi connectivity index (χ1n) is 25.4. The van der Waals surface area contributed by atoms with E-state index in [1.807, 2.05) is 0 Å². The van der Waals surface area contributed by atoms with Gasteiger partial charge in [-0.3, -0.25) is 0 Å². The van der Waals surface area contributed by atoms with Crippen molar-refractivity contribution in [2.24, 2.45) is 0 Å². The highest BCUT2D eigenvalue weighted by Gasteiger charge is 2.35. The number of benzene rings is 10. The number of aromatic nitrogens is 2. The molecule has 2 heterocycles. The van der Waals surface area contributed by atoms with Crippen LogP contribution >= 0.6 is 0 Å². The maximum Gasteiger partial charge on any atom is 0.0537 e. The minimum absolute atomic E-state index is 0.117. The molecule has 12 aromatic rings. The third-order valence-corrected chi connectivity index (χ3v) is 16.4. The molecular weight excluding hydrogens is 857 g/mol.